The number of methoxy groups -OCH3 is 1. The molecule has 5 nitrogen and oxygen atoms in total. The molecule has 0 aliphatic carbocycles. The maximum absolute atomic E-state index is 12.8. The molecule has 0 spiro atoms. The van der Waals surface area contributed by atoms with Gasteiger partial charge in [-0.1, -0.05) is 12.1 Å². The molecule has 1 aromatic carbocycles. The van der Waals surface area contributed by atoms with Gasteiger partial charge in [-0.25, -0.2) is 0 Å². The SMILES string of the molecule is COc1ccc(-c2cc(C(=O)N3CCC(CC(=O)O)CC3)sc2C)cc1. The van der Waals surface area contributed by atoms with Crippen molar-refractivity contribution in [2.75, 3.05) is 20.2 Å². The number of rotatable bonds is 5. The Morgan fingerprint density at radius 2 is 1.88 bits per heavy atom. The molecule has 1 fully saturated rings. The summed E-state index contributed by atoms with van der Waals surface area (Å²) in [5, 5.41) is 8.91. The third kappa shape index (κ3) is 4.07. The molecule has 0 atom stereocenters. The molecule has 2 heterocycles. The van der Waals surface area contributed by atoms with Gasteiger partial charge in [0.1, 0.15) is 5.75 Å². The Labute approximate surface area is 157 Å². The Balaban J connectivity index is 1.70. The summed E-state index contributed by atoms with van der Waals surface area (Å²) in [4.78, 5) is 27.4. The predicted octanol–water partition coefficient (Wildman–Crippen LogP) is 4.06. The smallest absolute Gasteiger partial charge is 0.303 e. The van der Waals surface area contributed by atoms with E-state index in [1.165, 1.54) is 11.3 Å². The van der Waals surface area contributed by atoms with Crippen molar-refractivity contribution in [2.24, 2.45) is 5.92 Å². The van der Waals surface area contributed by atoms with Crippen LogP contribution in [0.2, 0.25) is 0 Å². The zero-order valence-electron chi connectivity index (χ0n) is 15.0. The van der Waals surface area contributed by atoms with E-state index in [9.17, 15) is 9.59 Å². The number of ether oxygens (including phenoxy) is 1. The maximum atomic E-state index is 12.8. The Morgan fingerprint density at radius 3 is 2.46 bits per heavy atom. The molecule has 0 bridgehead atoms. The number of thiophene rings is 1. The number of carbonyl (C=O) groups excluding carboxylic acids is 1. The summed E-state index contributed by atoms with van der Waals surface area (Å²) in [6, 6.07) is 9.80. The van der Waals surface area contributed by atoms with Crippen LogP contribution < -0.4 is 4.74 Å². The largest absolute Gasteiger partial charge is 0.497 e. The van der Waals surface area contributed by atoms with Crippen molar-refractivity contribution in [1.29, 1.82) is 0 Å². The summed E-state index contributed by atoms with van der Waals surface area (Å²) in [7, 11) is 1.64. The van der Waals surface area contributed by atoms with Gasteiger partial charge in [-0.15, -0.1) is 11.3 Å². The number of aliphatic carboxylic acids is 1. The number of carbonyl (C=O) groups is 2. The molecular weight excluding hydrogens is 350 g/mol. The first-order valence-electron chi connectivity index (χ1n) is 8.74. The summed E-state index contributed by atoms with van der Waals surface area (Å²) in [5.41, 5.74) is 2.14. The Kier molecular flexibility index (Phi) is 5.61. The highest BCUT2D eigenvalue weighted by atomic mass is 32.1. The lowest BCUT2D eigenvalue weighted by Crippen LogP contribution is -2.38. The summed E-state index contributed by atoms with van der Waals surface area (Å²) >= 11 is 1.52. The molecule has 1 N–H and O–H groups in total. The molecule has 1 aromatic heterocycles. The van der Waals surface area contributed by atoms with Gasteiger partial charge in [0.2, 0.25) is 0 Å². The predicted molar refractivity (Wildman–Crippen MR) is 102 cm³/mol. The first kappa shape index (κ1) is 18.5. The minimum Gasteiger partial charge on any atom is -0.497 e. The molecule has 0 radical (unpaired) electrons. The van der Waals surface area contributed by atoms with Gasteiger partial charge in [0.15, 0.2) is 0 Å². The molecule has 1 aliphatic heterocycles. The monoisotopic (exact) mass is 373 g/mol. The molecule has 1 amide bonds. The number of piperidine rings is 1. The van der Waals surface area contributed by atoms with Crippen molar-refractivity contribution >= 4 is 23.2 Å². The van der Waals surface area contributed by atoms with E-state index in [0.29, 0.717) is 13.1 Å². The van der Waals surface area contributed by atoms with Crippen molar-refractivity contribution in [3.05, 3.63) is 40.1 Å². The summed E-state index contributed by atoms with van der Waals surface area (Å²) in [6.07, 6.45) is 1.71. The quantitative estimate of drug-likeness (QED) is 0.858. The molecule has 0 saturated carbocycles. The first-order chi connectivity index (χ1) is 12.5. The number of likely N-dealkylation sites (tertiary alicyclic amines) is 1. The van der Waals surface area contributed by atoms with Gasteiger partial charge in [0.05, 0.1) is 12.0 Å². The summed E-state index contributed by atoms with van der Waals surface area (Å²) < 4.78 is 5.20. The number of hydrogen-bond acceptors (Lipinski definition) is 4. The normalized spacial score (nSPS) is 15.1. The highest BCUT2D eigenvalue weighted by molar-refractivity contribution is 7.14. The van der Waals surface area contributed by atoms with Crippen LogP contribution in [-0.2, 0) is 4.79 Å². The zero-order valence-corrected chi connectivity index (χ0v) is 15.8. The van der Waals surface area contributed by atoms with Crippen LogP contribution in [0.4, 0.5) is 0 Å². The number of nitrogens with zero attached hydrogens (tertiary/aromatic N) is 1. The van der Waals surface area contributed by atoms with Gasteiger partial charge in [-0.3, -0.25) is 9.59 Å². The molecule has 26 heavy (non-hydrogen) atoms. The van der Waals surface area contributed by atoms with Crippen LogP contribution >= 0.6 is 11.3 Å². The average Bonchev–Trinajstić information content (AvgIpc) is 3.03. The van der Waals surface area contributed by atoms with Gasteiger partial charge in [-0.05, 0) is 55.0 Å². The Morgan fingerprint density at radius 1 is 1.23 bits per heavy atom. The first-order valence-corrected chi connectivity index (χ1v) is 9.55. The van der Waals surface area contributed by atoms with Gasteiger partial charge >= 0.3 is 5.97 Å². The second-order valence-corrected chi connectivity index (χ2v) is 7.90. The fraction of sp³-hybridized carbons (Fsp3) is 0.400. The Bertz CT molecular complexity index is 789. The molecule has 1 saturated heterocycles. The van der Waals surface area contributed by atoms with Gasteiger partial charge in [0.25, 0.3) is 5.91 Å². The summed E-state index contributed by atoms with van der Waals surface area (Å²) in [5.74, 6) is 0.276. The lowest BCUT2D eigenvalue weighted by atomic mass is 9.93. The van der Waals surface area contributed by atoms with E-state index < -0.39 is 5.97 Å². The lowest BCUT2D eigenvalue weighted by molar-refractivity contribution is -0.138. The van der Waals surface area contributed by atoms with Crippen LogP contribution in [-0.4, -0.2) is 42.1 Å². The highest BCUT2D eigenvalue weighted by Gasteiger charge is 2.26. The summed E-state index contributed by atoms with van der Waals surface area (Å²) in [6.45, 7) is 3.29. The highest BCUT2D eigenvalue weighted by Crippen LogP contribution is 2.33. The molecule has 1 aliphatic rings. The molecule has 2 aromatic rings. The van der Waals surface area contributed by atoms with E-state index in [-0.39, 0.29) is 18.2 Å². The van der Waals surface area contributed by atoms with Crippen LogP contribution in [0.3, 0.4) is 0 Å². The third-order valence-electron chi connectivity index (χ3n) is 4.89. The van der Waals surface area contributed by atoms with Crippen molar-refractivity contribution in [2.45, 2.75) is 26.2 Å². The number of hydrogen-bond donors (Lipinski definition) is 1. The maximum Gasteiger partial charge on any atom is 0.303 e. The van der Waals surface area contributed by atoms with Crippen LogP contribution in [0.25, 0.3) is 11.1 Å². The van der Waals surface area contributed by atoms with E-state index in [4.69, 9.17) is 9.84 Å². The van der Waals surface area contributed by atoms with Crippen molar-refractivity contribution < 1.29 is 19.4 Å². The average molecular weight is 373 g/mol. The standard InChI is InChI=1S/C20H23NO4S/c1-13-17(15-3-5-16(25-2)6-4-15)12-18(26-13)20(24)21-9-7-14(8-10-21)11-19(22)23/h3-6,12,14H,7-11H2,1-2H3,(H,22,23). The van der Waals surface area contributed by atoms with Gasteiger partial charge < -0.3 is 14.7 Å². The van der Waals surface area contributed by atoms with Crippen LogP contribution in [0.15, 0.2) is 30.3 Å². The van der Waals surface area contributed by atoms with Crippen molar-refractivity contribution in [3.63, 3.8) is 0 Å². The number of benzene rings is 1. The zero-order chi connectivity index (χ0) is 18.7. The van der Waals surface area contributed by atoms with Gasteiger partial charge in [0, 0.05) is 24.4 Å². The molecular formula is C20H23NO4S. The van der Waals surface area contributed by atoms with E-state index in [1.807, 2.05) is 42.2 Å². The van der Waals surface area contributed by atoms with Gasteiger partial charge in [-0.2, -0.15) is 0 Å². The third-order valence-corrected chi connectivity index (χ3v) is 5.93. The van der Waals surface area contributed by atoms with Crippen molar-refractivity contribution in [1.82, 2.24) is 4.90 Å². The van der Waals surface area contributed by atoms with Crippen LogP contribution in [0, 0.1) is 12.8 Å². The van der Waals surface area contributed by atoms with Crippen molar-refractivity contribution in [3.8, 4) is 16.9 Å². The van der Waals surface area contributed by atoms with E-state index in [1.54, 1.807) is 7.11 Å². The number of amides is 1. The molecule has 3 rings (SSSR count). The minimum absolute atomic E-state index is 0.0478. The fourth-order valence-electron chi connectivity index (χ4n) is 3.39. The van der Waals surface area contributed by atoms with Crippen LogP contribution in [0.5, 0.6) is 5.75 Å². The van der Waals surface area contributed by atoms with E-state index >= 15 is 0 Å². The fourth-order valence-corrected chi connectivity index (χ4v) is 4.40. The van der Waals surface area contributed by atoms with E-state index in [0.717, 1.165) is 39.5 Å². The Hall–Kier alpha value is -2.34. The van der Waals surface area contributed by atoms with Crippen LogP contribution in [0.1, 0.15) is 33.8 Å². The second-order valence-electron chi connectivity index (χ2n) is 6.64. The lowest BCUT2D eigenvalue weighted by Gasteiger charge is -2.31. The molecule has 0 unspecified atom stereocenters. The van der Waals surface area contributed by atoms with E-state index in [2.05, 4.69) is 0 Å². The number of carboxylic acid groups (broad SMARTS) is 1. The minimum atomic E-state index is -0.757. The second kappa shape index (κ2) is 7.91. The molecule has 138 valence electrons. The number of aryl methyl sites for hydroxylation is 1. The number of carboxylic acids is 1. The topological polar surface area (TPSA) is 66.8 Å². The molecule has 6 heteroatoms.